The Morgan fingerprint density at radius 2 is 0.867 bits per heavy atom. The van der Waals surface area contributed by atoms with Gasteiger partial charge in [-0.05, 0) is 166 Å². The Morgan fingerprint density at radius 1 is 0.442 bits per heavy atom. The van der Waals surface area contributed by atoms with Crippen LogP contribution in [0.5, 0.6) is 0 Å². The van der Waals surface area contributed by atoms with E-state index in [9.17, 15) is 96.8 Å². The van der Waals surface area contributed by atoms with Crippen molar-refractivity contribution in [3.05, 3.63) is 71.8 Å². The first kappa shape index (κ1) is 99.9. The van der Waals surface area contributed by atoms with Crippen molar-refractivity contribution in [1.82, 2.24) is 83.8 Å². The summed E-state index contributed by atoms with van der Waals surface area (Å²) in [6.07, 6.45) is -3.18. The van der Waals surface area contributed by atoms with E-state index in [1.807, 2.05) is 30.3 Å². The fourth-order valence-corrected chi connectivity index (χ4v) is 14.0. The molecule has 3 heterocycles. The lowest BCUT2D eigenvalue weighted by Gasteiger charge is -2.38. The number of nitrogens with one attached hydrogen (secondary N) is 13. The molecule has 120 heavy (non-hydrogen) atoms. The highest BCUT2D eigenvalue weighted by Crippen LogP contribution is 2.29. The van der Waals surface area contributed by atoms with Gasteiger partial charge in [-0.2, -0.15) is 0 Å². The van der Waals surface area contributed by atoms with Gasteiger partial charge in [0.1, 0.15) is 86.6 Å². The van der Waals surface area contributed by atoms with E-state index >= 15 is 0 Å². The fourth-order valence-electron chi connectivity index (χ4n) is 14.0. The van der Waals surface area contributed by atoms with Crippen molar-refractivity contribution in [2.45, 2.75) is 314 Å². The summed E-state index contributed by atoms with van der Waals surface area (Å²) in [6.45, 7) is 27.2. The second-order valence-electron chi connectivity index (χ2n) is 35.7. The predicted molar refractivity (Wildman–Crippen MR) is 440 cm³/mol. The molecule has 3 fully saturated rings. The van der Waals surface area contributed by atoms with Gasteiger partial charge in [0.15, 0.2) is 0 Å². The molecule has 17 amide bonds. The summed E-state index contributed by atoms with van der Waals surface area (Å²) in [7, 11) is 0. The third-order valence-corrected chi connectivity index (χ3v) is 21.9. The van der Waals surface area contributed by atoms with Crippen molar-refractivity contribution < 1.29 is 96.8 Å². The Labute approximate surface area is 701 Å². The van der Waals surface area contributed by atoms with Gasteiger partial charge in [0.25, 0.3) is 0 Å². The molecule has 2 aromatic rings. The Bertz CT molecular complexity index is 4120. The van der Waals surface area contributed by atoms with Gasteiger partial charge in [-0.1, -0.05) is 88.4 Å². The van der Waals surface area contributed by atoms with Gasteiger partial charge in [-0.25, -0.2) is 0 Å². The zero-order valence-corrected chi connectivity index (χ0v) is 72.9. The number of benzene rings is 2. The molecule has 666 valence electrons. The lowest BCUT2D eigenvalue weighted by molar-refractivity contribution is -0.149. The lowest BCUT2D eigenvalue weighted by Crippen LogP contribution is -2.68. The predicted octanol–water partition coefficient (Wildman–Crippen LogP) is -1.91. The van der Waals surface area contributed by atoms with Crippen molar-refractivity contribution in [2.24, 2.45) is 11.7 Å². The molecule has 0 spiro atoms. The van der Waals surface area contributed by atoms with Gasteiger partial charge in [0, 0.05) is 52.2 Å². The maximum absolute atomic E-state index is 14.8. The third kappa shape index (κ3) is 26.9. The van der Waals surface area contributed by atoms with Crippen LogP contribution in [0.2, 0.25) is 0 Å². The maximum atomic E-state index is 14.8. The number of aliphatic hydroxyl groups excluding tert-OH is 3. The number of nitrogens with zero attached hydrogens (tertiary/aromatic N) is 3. The van der Waals surface area contributed by atoms with Crippen molar-refractivity contribution in [3.8, 4) is 0 Å². The van der Waals surface area contributed by atoms with Gasteiger partial charge in [0.2, 0.25) is 100 Å². The van der Waals surface area contributed by atoms with E-state index < -0.39 is 225 Å². The minimum Gasteiger partial charge on any atom is -0.394 e. The molecule has 3 aliphatic heterocycles. The lowest BCUT2D eigenvalue weighted by atomic mass is 9.93. The summed E-state index contributed by atoms with van der Waals surface area (Å²) in [5.41, 5.74) is -7.03. The molecule has 0 radical (unpaired) electrons. The largest absolute Gasteiger partial charge is 0.394 e. The first-order valence-corrected chi connectivity index (χ1v) is 40.7. The number of nitrogens with two attached hydrogens (primary N) is 1. The molecular formula is C83H129N17O20. The molecule has 3 saturated heterocycles. The number of primary amides is 1. The molecule has 0 aromatic heterocycles. The van der Waals surface area contributed by atoms with Crippen LogP contribution >= 0.6 is 0 Å². The van der Waals surface area contributed by atoms with Crippen molar-refractivity contribution >= 4 is 100 Å². The number of hydrogen-bond acceptors (Lipinski definition) is 20. The number of likely N-dealkylation sites (tertiary alicyclic amines) is 3. The van der Waals surface area contributed by atoms with Crippen molar-refractivity contribution in [1.29, 1.82) is 0 Å². The van der Waals surface area contributed by atoms with Crippen LogP contribution in [0.1, 0.15) is 207 Å². The first-order valence-electron chi connectivity index (χ1n) is 40.7. The van der Waals surface area contributed by atoms with Gasteiger partial charge < -0.3 is 105 Å². The third-order valence-electron chi connectivity index (χ3n) is 21.9. The Hall–Kier alpha value is -10.7. The van der Waals surface area contributed by atoms with E-state index in [1.165, 1.54) is 116 Å². The fraction of sp³-hybridized carbons (Fsp3) is 0.651. The summed E-state index contributed by atoms with van der Waals surface area (Å²) in [4.78, 5) is 241. The average Bonchev–Trinajstić information content (AvgIpc) is 1.66. The second kappa shape index (κ2) is 41.0. The van der Waals surface area contributed by atoms with E-state index in [4.69, 9.17) is 5.73 Å². The molecule has 12 atom stereocenters. The molecule has 18 N–H and O–H groups in total. The first-order chi connectivity index (χ1) is 55.4. The normalized spacial score (nSPS) is 19.3. The zero-order valence-electron chi connectivity index (χ0n) is 72.9. The van der Waals surface area contributed by atoms with Crippen LogP contribution in [0.4, 0.5) is 0 Å². The van der Waals surface area contributed by atoms with E-state index in [0.29, 0.717) is 19.3 Å². The van der Waals surface area contributed by atoms with Crippen LogP contribution in [0.15, 0.2) is 60.7 Å². The van der Waals surface area contributed by atoms with E-state index in [-0.39, 0.29) is 64.1 Å². The molecule has 3 aliphatic rings. The van der Waals surface area contributed by atoms with Gasteiger partial charge in [0.05, 0.1) is 24.9 Å². The molecule has 0 bridgehead atoms. The van der Waals surface area contributed by atoms with Crippen LogP contribution in [0.3, 0.4) is 0 Å². The second-order valence-corrected chi connectivity index (χ2v) is 35.7. The number of carbonyl (C=O) groups is 17. The molecular weight excluding hydrogens is 1560 g/mol. The van der Waals surface area contributed by atoms with Crippen LogP contribution in [-0.4, -0.2) is 262 Å². The summed E-state index contributed by atoms with van der Waals surface area (Å²) in [5.74, 6) is -14.0. The topological polar surface area (TPSA) is 543 Å². The van der Waals surface area contributed by atoms with Gasteiger partial charge >= 0.3 is 0 Å². The van der Waals surface area contributed by atoms with Gasteiger partial charge in [-0.3, -0.25) is 81.5 Å². The molecule has 5 rings (SSSR count). The Morgan fingerprint density at radius 3 is 1.35 bits per heavy atom. The number of β-amino-alcohol motifs (C(OH)–C–C–N with tert-alkyl or cyclic N) is 2. The minimum absolute atomic E-state index is 0.00363. The minimum atomic E-state index is -1.92. The monoisotopic (exact) mass is 1680 g/mol. The standard InChI is InChI=1S/C83H129N17O20/c1-21-82(19,92-64(109)55(38-46(3)4)89-61(106)47(5)85-68(113)76(7,8)94-70(115)78(11,12)96-71(116)79(13,14)95-69(114)77(9,10)90-63(108)56(86-48(6)102)40-50-32-27-24-28-33-50)72(117)97-81(17,18)74(119)99-43-52(103)41-58(99)66(111)88-54(35-36-60(84)105)62(107)93-83(20,22-2)75(120)100-44-53(104)42-59(100)67(112)91-80(15,16)73(118)98-37-29-34-57(98)65(110)87-51(45-101)39-49-30-25-23-26-31-49/h23-28,30-33,46-47,51-59,101,103-104H,21-22,29,34-45H2,1-20H3,(H2,84,105)(H,85,113)(H,86,102)(H,87,110)(H,88,111)(H,89,106)(H,90,108)(H,91,112)(H,92,109)(H,93,107)(H,94,115)(H,95,114)(H,96,116)(H,97,117)/t47-,51?,52?,53?,54-,55-,56-,57-,58-,59-,82-,83-/m0/s1. The quantitative estimate of drug-likeness (QED) is 0.0346. The summed E-state index contributed by atoms with van der Waals surface area (Å²) < 4.78 is 0. The van der Waals surface area contributed by atoms with Crippen LogP contribution in [0.25, 0.3) is 0 Å². The molecule has 37 heteroatoms. The van der Waals surface area contributed by atoms with E-state index in [1.54, 1.807) is 58.0 Å². The van der Waals surface area contributed by atoms with E-state index in [0.717, 1.165) is 20.9 Å². The average molecular weight is 1690 g/mol. The molecule has 3 unspecified atom stereocenters. The molecule has 37 nitrogen and oxygen atoms in total. The van der Waals surface area contributed by atoms with Crippen LogP contribution in [-0.2, 0) is 94.3 Å². The molecule has 0 aliphatic carbocycles. The zero-order chi connectivity index (χ0) is 90.9. The van der Waals surface area contributed by atoms with E-state index in [2.05, 4.69) is 69.1 Å². The van der Waals surface area contributed by atoms with Gasteiger partial charge in [-0.15, -0.1) is 0 Å². The number of carbonyl (C=O) groups excluding carboxylic acids is 17. The number of hydrogen-bond donors (Lipinski definition) is 17. The Kier molecular flexibility index (Phi) is 34.2. The summed E-state index contributed by atoms with van der Waals surface area (Å²) in [6, 6.07) is 8.18. The highest BCUT2D eigenvalue weighted by molar-refractivity contribution is 6.04. The van der Waals surface area contributed by atoms with Crippen LogP contribution < -0.4 is 74.9 Å². The molecule has 2 aromatic carbocycles. The highest BCUT2D eigenvalue weighted by atomic mass is 16.3. The molecule has 0 saturated carbocycles. The maximum Gasteiger partial charge on any atom is 0.248 e. The highest BCUT2D eigenvalue weighted by Gasteiger charge is 2.52. The Balaban J connectivity index is 1.20. The number of amides is 17. The summed E-state index contributed by atoms with van der Waals surface area (Å²) in [5, 5.41) is 66.5. The SMILES string of the molecule is CC[C@](C)(NC(=O)[C@H](CC(C)C)NC(=O)[C@H](C)NC(=O)C(C)(C)NC(=O)C(C)(C)NC(=O)C(C)(C)NC(=O)C(C)(C)NC(=O)[C@H](Cc1ccccc1)NC(C)=O)C(=O)NC(C)(C)C(=O)N1CC(O)C[C@H]1C(=O)N[C@@H](CCC(N)=O)C(=O)N[C@@](C)(CC)C(=O)N1CC(O)C[C@H]1C(=O)NC(C)(C)C(=O)N1CCC[C@H]1C(=O)NC(CO)Cc1ccccc1. The number of rotatable bonds is 40. The van der Waals surface area contributed by atoms with Crippen LogP contribution in [0, 0.1) is 5.92 Å². The number of aliphatic hydroxyl groups is 3. The van der Waals surface area contributed by atoms with Crippen molar-refractivity contribution in [2.75, 3.05) is 26.2 Å². The smallest absolute Gasteiger partial charge is 0.248 e. The summed E-state index contributed by atoms with van der Waals surface area (Å²) >= 11 is 0. The van der Waals surface area contributed by atoms with Crippen molar-refractivity contribution in [3.63, 3.8) is 0 Å².